The molecule has 0 radical (unpaired) electrons. The zero-order chi connectivity index (χ0) is 22.0. The zero-order valence-electron chi connectivity index (χ0n) is 17.2. The van der Waals surface area contributed by atoms with Crippen molar-refractivity contribution in [2.75, 3.05) is 23.9 Å². The van der Waals surface area contributed by atoms with Gasteiger partial charge in [-0.1, -0.05) is 18.3 Å². The van der Waals surface area contributed by atoms with Crippen LogP contribution in [0.5, 0.6) is 5.75 Å². The van der Waals surface area contributed by atoms with E-state index in [4.69, 9.17) is 9.47 Å². The van der Waals surface area contributed by atoms with Gasteiger partial charge in [-0.3, -0.25) is 19.8 Å². The molecule has 0 saturated heterocycles. The highest BCUT2D eigenvalue weighted by molar-refractivity contribution is 7.15. The molecule has 0 bridgehead atoms. The van der Waals surface area contributed by atoms with E-state index < -0.39 is 6.10 Å². The van der Waals surface area contributed by atoms with Gasteiger partial charge >= 0.3 is 0 Å². The largest absolute Gasteiger partial charge is 0.478 e. The molecule has 1 atom stereocenters. The third-order valence-corrected chi connectivity index (χ3v) is 6.21. The minimum absolute atomic E-state index is 0.162. The first-order chi connectivity index (χ1) is 15.0. The Labute approximate surface area is 187 Å². The Morgan fingerprint density at radius 1 is 1.35 bits per heavy atom. The van der Waals surface area contributed by atoms with E-state index in [-0.39, 0.29) is 18.4 Å². The van der Waals surface area contributed by atoms with Crippen molar-refractivity contribution in [3.63, 3.8) is 0 Å². The molecule has 0 aliphatic carbocycles. The van der Waals surface area contributed by atoms with Crippen LogP contribution in [0.4, 0.5) is 10.8 Å². The smallest absolute Gasteiger partial charge is 0.268 e. The number of aryl methyl sites for hydroxylation is 1. The molecule has 31 heavy (non-hydrogen) atoms. The summed E-state index contributed by atoms with van der Waals surface area (Å²) in [6.45, 7) is 3.97. The molecule has 3 aromatic rings. The van der Waals surface area contributed by atoms with Crippen LogP contribution in [0.1, 0.15) is 23.4 Å². The number of nitrogens with one attached hydrogen (secondary N) is 1. The number of amides is 2. The van der Waals surface area contributed by atoms with E-state index in [0.717, 1.165) is 16.3 Å². The van der Waals surface area contributed by atoms with Crippen LogP contribution in [0.3, 0.4) is 0 Å². The van der Waals surface area contributed by atoms with Gasteiger partial charge < -0.3 is 9.47 Å². The van der Waals surface area contributed by atoms with Gasteiger partial charge in [0.15, 0.2) is 6.10 Å². The molecule has 9 nitrogen and oxygen atoms in total. The third-order valence-electron chi connectivity index (χ3n) is 4.63. The van der Waals surface area contributed by atoms with Crippen molar-refractivity contribution in [1.82, 2.24) is 15.2 Å². The highest BCUT2D eigenvalue weighted by Gasteiger charge is 2.35. The molecule has 4 rings (SSSR count). The Morgan fingerprint density at radius 2 is 2.19 bits per heavy atom. The van der Waals surface area contributed by atoms with Crippen LogP contribution in [0, 0.1) is 6.92 Å². The number of anilines is 2. The summed E-state index contributed by atoms with van der Waals surface area (Å²) < 4.78 is 10.9. The van der Waals surface area contributed by atoms with Crippen molar-refractivity contribution < 1.29 is 19.1 Å². The Balaban J connectivity index is 1.59. The second kappa shape index (κ2) is 9.08. The average Bonchev–Trinajstić information content (AvgIpc) is 3.38. The van der Waals surface area contributed by atoms with Crippen molar-refractivity contribution in [2.45, 2.75) is 33.0 Å². The van der Waals surface area contributed by atoms with Gasteiger partial charge in [-0.2, -0.15) is 0 Å². The molecule has 0 fully saturated rings. The van der Waals surface area contributed by atoms with Crippen LogP contribution in [-0.2, 0) is 20.9 Å². The molecule has 1 aliphatic heterocycles. The van der Waals surface area contributed by atoms with Gasteiger partial charge in [-0.15, -0.1) is 21.5 Å². The maximum atomic E-state index is 13.0. The number of benzene rings is 1. The molecule has 2 amide bonds. The van der Waals surface area contributed by atoms with Gasteiger partial charge in [0.25, 0.3) is 5.91 Å². The Hall–Kier alpha value is -2.89. The second-order valence-corrected chi connectivity index (χ2v) is 8.98. The van der Waals surface area contributed by atoms with Gasteiger partial charge in [-0.05, 0) is 31.5 Å². The number of nitrogens with zero attached hydrogens (tertiary/aromatic N) is 4. The van der Waals surface area contributed by atoms with Crippen molar-refractivity contribution in [3.05, 3.63) is 33.6 Å². The molecule has 1 unspecified atom stereocenters. The summed E-state index contributed by atoms with van der Waals surface area (Å²) >= 11 is 2.78. The molecule has 0 spiro atoms. The number of carbonyl (C=O) groups is 2. The highest BCUT2D eigenvalue weighted by atomic mass is 32.1. The average molecular weight is 460 g/mol. The van der Waals surface area contributed by atoms with Crippen molar-refractivity contribution in [1.29, 1.82) is 0 Å². The summed E-state index contributed by atoms with van der Waals surface area (Å²) in [6.07, 6.45) is -0.136. The number of carbonyl (C=O) groups excluding carboxylic acids is 2. The normalized spacial score (nSPS) is 15.5. The predicted molar refractivity (Wildman–Crippen MR) is 119 cm³/mol. The molecule has 0 saturated carbocycles. The summed E-state index contributed by atoms with van der Waals surface area (Å²) in [7, 11) is 1.56. The maximum Gasteiger partial charge on any atom is 0.268 e. The minimum atomic E-state index is -0.637. The fourth-order valence-corrected chi connectivity index (χ4v) is 4.54. The molecule has 11 heteroatoms. The molecule has 3 heterocycles. The fraction of sp³-hybridized carbons (Fsp3) is 0.350. The number of fused-ring (bicyclic) bond motifs is 1. The number of methoxy groups -OCH3 is 1. The summed E-state index contributed by atoms with van der Waals surface area (Å²) in [5, 5.41) is 14.5. The van der Waals surface area contributed by atoms with Gasteiger partial charge in [-0.25, -0.2) is 4.98 Å². The summed E-state index contributed by atoms with van der Waals surface area (Å²) in [6, 6.07) is 5.57. The van der Waals surface area contributed by atoms with Crippen LogP contribution >= 0.6 is 22.7 Å². The van der Waals surface area contributed by atoms with Crippen LogP contribution in [-0.4, -0.2) is 46.8 Å². The van der Waals surface area contributed by atoms with Gasteiger partial charge in [0.1, 0.15) is 23.9 Å². The first kappa shape index (κ1) is 21.3. The first-order valence-corrected chi connectivity index (χ1v) is 11.3. The summed E-state index contributed by atoms with van der Waals surface area (Å²) in [4.78, 5) is 31.7. The number of rotatable bonds is 7. The van der Waals surface area contributed by atoms with E-state index in [1.165, 1.54) is 16.2 Å². The molecular formula is C20H21N5O4S2. The number of thiazole rings is 1. The van der Waals surface area contributed by atoms with E-state index >= 15 is 0 Å². The number of ether oxygens (including phenoxy) is 2. The van der Waals surface area contributed by atoms with E-state index in [2.05, 4.69) is 20.5 Å². The lowest BCUT2D eigenvalue weighted by atomic mass is 10.1. The Morgan fingerprint density at radius 3 is 2.90 bits per heavy atom. The fourth-order valence-electron chi connectivity index (χ4n) is 3.19. The molecule has 1 aliphatic rings. The molecule has 162 valence electrons. The number of aromatic nitrogens is 3. The van der Waals surface area contributed by atoms with E-state index in [1.807, 2.05) is 37.4 Å². The van der Waals surface area contributed by atoms with Crippen LogP contribution in [0.25, 0.3) is 11.3 Å². The van der Waals surface area contributed by atoms with Gasteiger partial charge in [0, 0.05) is 18.1 Å². The monoisotopic (exact) mass is 459 g/mol. The number of hydrogen-bond acceptors (Lipinski definition) is 9. The lowest BCUT2D eigenvalue weighted by Gasteiger charge is -2.33. The van der Waals surface area contributed by atoms with Crippen LogP contribution in [0.2, 0.25) is 0 Å². The topological polar surface area (TPSA) is 107 Å². The van der Waals surface area contributed by atoms with Crippen molar-refractivity contribution in [2.24, 2.45) is 0 Å². The molecular weight excluding hydrogens is 438 g/mol. The highest BCUT2D eigenvalue weighted by Crippen LogP contribution is 2.38. The minimum Gasteiger partial charge on any atom is -0.478 e. The molecule has 1 aromatic carbocycles. The quantitative estimate of drug-likeness (QED) is 0.578. The van der Waals surface area contributed by atoms with Gasteiger partial charge in [0.2, 0.25) is 11.0 Å². The lowest BCUT2D eigenvalue weighted by molar-refractivity contribution is -0.128. The standard InChI is InChI=1S/C20H21N5O4S2/c1-4-15-19(27)25(8-17(26)22-20-24-23-18(31-20)9-28-3)14-7-12(5-6-16(14)29-15)13-10-30-11(2)21-13/h5-7,10,15H,4,8-9H2,1-3H3,(H,22,24,26). The Bertz CT molecular complexity index is 1110. The zero-order valence-corrected chi connectivity index (χ0v) is 18.9. The predicted octanol–water partition coefficient (Wildman–Crippen LogP) is 3.26. The summed E-state index contributed by atoms with van der Waals surface area (Å²) in [5.41, 5.74) is 2.22. The molecule has 1 N–H and O–H groups in total. The van der Waals surface area contributed by atoms with Gasteiger partial charge in [0.05, 0.1) is 16.4 Å². The SMILES string of the molecule is CCC1Oc2ccc(-c3csc(C)n3)cc2N(CC(=O)Nc2nnc(COC)s2)C1=O. The van der Waals surface area contributed by atoms with Crippen LogP contribution in [0.15, 0.2) is 23.6 Å². The van der Waals surface area contributed by atoms with Crippen molar-refractivity contribution in [3.8, 4) is 17.0 Å². The number of hydrogen-bond donors (Lipinski definition) is 1. The third kappa shape index (κ3) is 4.58. The van der Waals surface area contributed by atoms with E-state index in [9.17, 15) is 9.59 Å². The first-order valence-electron chi connectivity index (χ1n) is 9.64. The van der Waals surface area contributed by atoms with E-state index in [1.54, 1.807) is 18.4 Å². The maximum absolute atomic E-state index is 13.0. The Kier molecular flexibility index (Phi) is 6.25. The van der Waals surface area contributed by atoms with Crippen LogP contribution < -0.4 is 15.0 Å². The second-order valence-electron chi connectivity index (χ2n) is 6.86. The lowest BCUT2D eigenvalue weighted by Crippen LogP contribution is -2.48. The summed E-state index contributed by atoms with van der Waals surface area (Å²) in [5.74, 6) is -0.0617. The molecule has 2 aromatic heterocycles. The van der Waals surface area contributed by atoms with Crippen molar-refractivity contribution >= 4 is 45.3 Å². The van der Waals surface area contributed by atoms with E-state index in [0.29, 0.717) is 34.6 Å².